The summed E-state index contributed by atoms with van der Waals surface area (Å²) >= 11 is 0. The Morgan fingerprint density at radius 2 is 0.851 bits per heavy atom. The van der Waals surface area contributed by atoms with E-state index in [2.05, 4.69) is 276 Å². The number of anilines is 3. The molecule has 0 amide bonds. The third-order valence-corrected chi connectivity index (χ3v) is 14.1. The van der Waals surface area contributed by atoms with Crippen LogP contribution >= 0.6 is 0 Å². The normalized spacial score (nSPS) is 12.6. The van der Waals surface area contributed by atoms with Gasteiger partial charge in [-0.05, 0) is 116 Å². The molecule has 1 heterocycles. The van der Waals surface area contributed by atoms with Crippen LogP contribution in [-0.4, -0.2) is 4.57 Å². The largest absolute Gasteiger partial charge is 0.310 e. The number of para-hydroxylation sites is 2. The molecule has 314 valence electrons. The number of rotatable bonds is 8. The lowest BCUT2D eigenvalue weighted by Crippen LogP contribution is -2.28. The summed E-state index contributed by atoms with van der Waals surface area (Å²) in [5.41, 5.74) is 18.9. The predicted molar refractivity (Wildman–Crippen MR) is 281 cm³/mol. The Balaban J connectivity index is 0.945. The van der Waals surface area contributed by atoms with Crippen LogP contribution in [0, 0.1) is 0 Å². The zero-order valence-corrected chi connectivity index (χ0v) is 36.8. The molecule has 0 saturated carbocycles. The van der Waals surface area contributed by atoms with E-state index in [4.69, 9.17) is 0 Å². The van der Waals surface area contributed by atoms with Gasteiger partial charge in [-0.1, -0.05) is 212 Å². The predicted octanol–water partition coefficient (Wildman–Crippen LogP) is 17.1. The summed E-state index contributed by atoms with van der Waals surface area (Å²) in [7, 11) is 0. The van der Waals surface area contributed by atoms with E-state index in [1.807, 2.05) is 0 Å². The van der Waals surface area contributed by atoms with Gasteiger partial charge >= 0.3 is 0 Å². The van der Waals surface area contributed by atoms with Crippen molar-refractivity contribution in [2.24, 2.45) is 0 Å². The van der Waals surface area contributed by atoms with Crippen LogP contribution in [0.1, 0.15) is 22.3 Å². The minimum Gasteiger partial charge on any atom is -0.310 e. The summed E-state index contributed by atoms with van der Waals surface area (Å²) < 4.78 is 2.48. The second-order valence-corrected chi connectivity index (χ2v) is 17.6. The molecule has 0 radical (unpaired) electrons. The monoisotopic (exact) mass is 852 g/mol. The number of benzene rings is 11. The maximum atomic E-state index is 2.48. The standard InChI is InChI=1S/C65H44N2/c1-4-21-48(22-5-1)65(49-23-6-2-7-24-49)60-32-16-14-30-56(60)59-44-52(40-42-61(59)65)67-63-33-17-15-31-57(63)58-41-37-47(43-64(58)67)54-28-13-12-27-53(54)46-35-38-51(39-36-46)66(50-25-8-3-9-26-50)62-34-18-20-45-19-10-11-29-55(45)62/h1-44H. The highest BCUT2D eigenvalue weighted by Gasteiger charge is 2.46. The van der Waals surface area contributed by atoms with Gasteiger partial charge in [0.1, 0.15) is 0 Å². The van der Waals surface area contributed by atoms with Gasteiger partial charge in [-0.15, -0.1) is 0 Å². The van der Waals surface area contributed by atoms with Crippen LogP contribution in [0.15, 0.2) is 267 Å². The molecule has 2 heteroatoms. The Bertz CT molecular complexity index is 3750. The van der Waals surface area contributed by atoms with Gasteiger partial charge in [0.25, 0.3) is 0 Å². The van der Waals surface area contributed by atoms with E-state index in [1.165, 1.54) is 88.2 Å². The van der Waals surface area contributed by atoms with E-state index >= 15 is 0 Å². The molecule has 0 fully saturated rings. The van der Waals surface area contributed by atoms with Gasteiger partial charge in [-0.2, -0.15) is 0 Å². The SMILES string of the molecule is c1ccc(N(c2ccc(-c3ccccc3-c3ccc4c5ccccc5n(-c5ccc6c(c5)-c5ccccc5C6(c5ccccc5)c5ccccc5)c4c3)cc2)c2cccc3ccccc23)cc1. The van der Waals surface area contributed by atoms with E-state index < -0.39 is 5.41 Å². The maximum Gasteiger partial charge on any atom is 0.0713 e. The highest BCUT2D eigenvalue weighted by molar-refractivity contribution is 6.11. The molecule has 12 aromatic rings. The van der Waals surface area contributed by atoms with Crippen molar-refractivity contribution in [2.75, 3.05) is 4.90 Å². The lowest BCUT2D eigenvalue weighted by Gasteiger charge is -2.33. The molecular formula is C65H44N2. The van der Waals surface area contributed by atoms with Crippen LogP contribution in [0.5, 0.6) is 0 Å². The summed E-state index contributed by atoms with van der Waals surface area (Å²) in [4.78, 5) is 2.37. The molecule has 0 unspecified atom stereocenters. The van der Waals surface area contributed by atoms with Gasteiger partial charge in [-0.25, -0.2) is 0 Å². The smallest absolute Gasteiger partial charge is 0.0713 e. The van der Waals surface area contributed by atoms with Crippen molar-refractivity contribution in [3.05, 3.63) is 289 Å². The summed E-state index contributed by atoms with van der Waals surface area (Å²) in [6, 6.07) is 97.9. The van der Waals surface area contributed by atoms with E-state index in [9.17, 15) is 0 Å². The molecule has 1 aromatic heterocycles. The molecule has 2 nitrogen and oxygen atoms in total. The highest BCUT2D eigenvalue weighted by atomic mass is 15.1. The average Bonchev–Trinajstić information content (AvgIpc) is 3.90. The van der Waals surface area contributed by atoms with Gasteiger partial charge < -0.3 is 9.47 Å². The molecule has 0 bridgehead atoms. The van der Waals surface area contributed by atoms with Gasteiger partial charge in [0.2, 0.25) is 0 Å². The summed E-state index contributed by atoms with van der Waals surface area (Å²) in [5, 5.41) is 4.91. The number of hydrogen-bond acceptors (Lipinski definition) is 1. The van der Waals surface area contributed by atoms with Crippen LogP contribution in [0.3, 0.4) is 0 Å². The number of hydrogen-bond donors (Lipinski definition) is 0. The van der Waals surface area contributed by atoms with Crippen molar-refractivity contribution in [3.8, 4) is 39.1 Å². The van der Waals surface area contributed by atoms with Gasteiger partial charge in [0, 0.05) is 33.2 Å². The molecule has 1 aliphatic carbocycles. The Morgan fingerprint density at radius 3 is 1.60 bits per heavy atom. The molecule has 11 aromatic carbocycles. The molecule has 1 aliphatic rings. The fourth-order valence-electron chi connectivity index (χ4n) is 11.2. The topological polar surface area (TPSA) is 8.17 Å². The average molecular weight is 853 g/mol. The maximum absolute atomic E-state index is 2.48. The quantitative estimate of drug-likeness (QED) is 0.148. The Hall–Kier alpha value is -8.72. The van der Waals surface area contributed by atoms with Gasteiger partial charge in [-0.3, -0.25) is 0 Å². The van der Waals surface area contributed by atoms with E-state index in [0.717, 1.165) is 22.7 Å². The second-order valence-electron chi connectivity index (χ2n) is 17.6. The molecule has 0 N–H and O–H groups in total. The van der Waals surface area contributed by atoms with Crippen molar-refractivity contribution in [1.29, 1.82) is 0 Å². The second kappa shape index (κ2) is 15.8. The molecule has 13 rings (SSSR count). The van der Waals surface area contributed by atoms with Crippen molar-refractivity contribution < 1.29 is 0 Å². The van der Waals surface area contributed by atoms with Crippen LogP contribution in [-0.2, 0) is 5.41 Å². The number of fused-ring (bicyclic) bond motifs is 7. The molecule has 0 atom stereocenters. The van der Waals surface area contributed by atoms with E-state index in [0.29, 0.717) is 0 Å². The summed E-state index contributed by atoms with van der Waals surface area (Å²) in [6.07, 6.45) is 0. The number of aromatic nitrogens is 1. The third-order valence-electron chi connectivity index (χ3n) is 14.1. The Labute approximate surface area is 390 Å². The lowest BCUT2D eigenvalue weighted by molar-refractivity contribution is 0.768. The highest BCUT2D eigenvalue weighted by Crippen LogP contribution is 2.56. The first-order valence-electron chi connectivity index (χ1n) is 23.2. The van der Waals surface area contributed by atoms with Crippen LogP contribution in [0.4, 0.5) is 17.1 Å². The van der Waals surface area contributed by atoms with Crippen molar-refractivity contribution in [3.63, 3.8) is 0 Å². The number of nitrogens with zero attached hydrogens (tertiary/aromatic N) is 2. The Kier molecular flexibility index (Phi) is 9.11. The zero-order valence-electron chi connectivity index (χ0n) is 36.8. The lowest BCUT2D eigenvalue weighted by atomic mass is 9.68. The van der Waals surface area contributed by atoms with Crippen LogP contribution in [0.25, 0.3) is 71.6 Å². The van der Waals surface area contributed by atoms with Crippen LogP contribution < -0.4 is 4.90 Å². The minimum atomic E-state index is -0.446. The third kappa shape index (κ3) is 6.11. The molecule has 0 spiro atoms. The fourth-order valence-corrected chi connectivity index (χ4v) is 11.2. The fraction of sp³-hybridized carbons (Fsp3) is 0.0154. The first kappa shape index (κ1) is 38.7. The summed E-state index contributed by atoms with van der Waals surface area (Å²) in [5.74, 6) is 0. The zero-order chi connectivity index (χ0) is 44.3. The first-order chi connectivity index (χ1) is 33.3. The van der Waals surface area contributed by atoms with Gasteiger partial charge in [0.05, 0.1) is 22.1 Å². The molecule has 67 heavy (non-hydrogen) atoms. The molecule has 0 aliphatic heterocycles. The minimum absolute atomic E-state index is 0.446. The van der Waals surface area contributed by atoms with Crippen LogP contribution in [0.2, 0.25) is 0 Å². The van der Waals surface area contributed by atoms with Gasteiger partial charge in [0.15, 0.2) is 0 Å². The van der Waals surface area contributed by atoms with E-state index in [1.54, 1.807) is 0 Å². The summed E-state index contributed by atoms with van der Waals surface area (Å²) in [6.45, 7) is 0. The van der Waals surface area contributed by atoms with Crippen molar-refractivity contribution in [2.45, 2.75) is 5.41 Å². The first-order valence-corrected chi connectivity index (χ1v) is 23.2. The van der Waals surface area contributed by atoms with Crippen molar-refractivity contribution >= 4 is 49.6 Å². The molecule has 0 saturated heterocycles. The van der Waals surface area contributed by atoms with Crippen molar-refractivity contribution in [1.82, 2.24) is 4.57 Å². The Morgan fingerprint density at radius 1 is 0.313 bits per heavy atom. The molecular weight excluding hydrogens is 809 g/mol. The van der Waals surface area contributed by atoms with E-state index in [-0.39, 0.29) is 0 Å².